The summed E-state index contributed by atoms with van der Waals surface area (Å²) in [5.41, 5.74) is 6.97. The van der Waals surface area contributed by atoms with Crippen LogP contribution >= 0.6 is 12.2 Å². The standard InChI is InChI=1S/C12H18N2O3S2/c1-8(7-19(3,15)16)14-11-6-9(17-2)4-5-10(11)12(13)18/h4-6,8,14H,7H2,1-3H3,(H2,13,18). The molecule has 0 aliphatic rings. The van der Waals surface area contributed by atoms with Gasteiger partial charge in [-0.3, -0.25) is 0 Å². The van der Waals surface area contributed by atoms with E-state index in [1.165, 1.54) is 6.26 Å². The second-order valence-electron chi connectivity index (χ2n) is 4.41. The zero-order chi connectivity index (χ0) is 14.6. The number of methoxy groups -OCH3 is 1. The predicted molar refractivity (Wildman–Crippen MR) is 81.7 cm³/mol. The van der Waals surface area contributed by atoms with Crippen molar-refractivity contribution in [2.24, 2.45) is 5.73 Å². The van der Waals surface area contributed by atoms with E-state index >= 15 is 0 Å². The highest BCUT2D eigenvalue weighted by molar-refractivity contribution is 7.90. The van der Waals surface area contributed by atoms with E-state index in [2.05, 4.69) is 5.32 Å². The number of ether oxygens (including phenoxy) is 1. The zero-order valence-electron chi connectivity index (χ0n) is 11.1. The van der Waals surface area contributed by atoms with Gasteiger partial charge in [0, 0.05) is 29.6 Å². The van der Waals surface area contributed by atoms with Crippen molar-refractivity contribution in [2.45, 2.75) is 13.0 Å². The quantitative estimate of drug-likeness (QED) is 0.768. The molecule has 7 heteroatoms. The Labute approximate surface area is 119 Å². The fourth-order valence-corrected chi connectivity index (χ4v) is 2.92. The molecule has 0 aromatic heterocycles. The number of anilines is 1. The minimum atomic E-state index is -3.05. The lowest BCUT2D eigenvalue weighted by molar-refractivity contribution is 0.415. The number of nitrogens with two attached hydrogens (primary N) is 1. The molecule has 0 bridgehead atoms. The highest BCUT2D eigenvalue weighted by Crippen LogP contribution is 2.23. The van der Waals surface area contributed by atoms with Gasteiger partial charge in [-0.15, -0.1) is 0 Å². The molecule has 0 fully saturated rings. The Kier molecular flexibility index (Phi) is 5.13. The van der Waals surface area contributed by atoms with E-state index < -0.39 is 9.84 Å². The highest BCUT2D eigenvalue weighted by atomic mass is 32.2. The number of sulfone groups is 1. The van der Waals surface area contributed by atoms with E-state index in [0.717, 1.165) is 0 Å². The van der Waals surface area contributed by atoms with Crippen molar-refractivity contribution >= 4 is 32.7 Å². The topological polar surface area (TPSA) is 81.4 Å². The molecule has 0 saturated heterocycles. The molecule has 1 aromatic carbocycles. The van der Waals surface area contributed by atoms with Crippen molar-refractivity contribution in [2.75, 3.05) is 24.4 Å². The number of hydrogen-bond acceptors (Lipinski definition) is 5. The molecule has 1 aromatic rings. The minimum Gasteiger partial charge on any atom is -0.497 e. The van der Waals surface area contributed by atoms with Gasteiger partial charge in [0.05, 0.1) is 12.9 Å². The first kappa shape index (κ1) is 15.7. The van der Waals surface area contributed by atoms with E-state index in [-0.39, 0.29) is 16.8 Å². The normalized spacial score (nSPS) is 12.8. The van der Waals surface area contributed by atoms with Crippen molar-refractivity contribution in [3.8, 4) is 5.75 Å². The van der Waals surface area contributed by atoms with Crippen LogP contribution in [0, 0.1) is 0 Å². The smallest absolute Gasteiger partial charge is 0.149 e. The highest BCUT2D eigenvalue weighted by Gasteiger charge is 2.13. The van der Waals surface area contributed by atoms with E-state index in [9.17, 15) is 8.42 Å². The van der Waals surface area contributed by atoms with Crippen LogP contribution in [0.3, 0.4) is 0 Å². The second kappa shape index (κ2) is 6.21. The average Bonchev–Trinajstić information content (AvgIpc) is 2.25. The SMILES string of the molecule is COc1ccc(C(N)=S)c(NC(C)CS(C)(=O)=O)c1. The maximum Gasteiger partial charge on any atom is 0.149 e. The van der Waals surface area contributed by atoms with Gasteiger partial charge in [0.25, 0.3) is 0 Å². The summed E-state index contributed by atoms with van der Waals surface area (Å²) in [4.78, 5) is 0.247. The lowest BCUT2D eigenvalue weighted by atomic mass is 10.1. The molecule has 3 N–H and O–H groups in total. The lowest BCUT2D eigenvalue weighted by Crippen LogP contribution is -2.26. The van der Waals surface area contributed by atoms with Crippen LogP contribution in [0.5, 0.6) is 5.75 Å². The van der Waals surface area contributed by atoms with Gasteiger partial charge in [-0.05, 0) is 19.1 Å². The molecule has 1 rings (SSSR count). The lowest BCUT2D eigenvalue weighted by Gasteiger charge is -2.17. The average molecular weight is 302 g/mol. The number of thiocarbonyl (C=S) groups is 1. The maximum absolute atomic E-state index is 11.3. The largest absolute Gasteiger partial charge is 0.497 e. The Morgan fingerprint density at radius 3 is 2.63 bits per heavy atom. The molecule has 1 atom stereocenters. The Morgan fingerprint density at radius 1 is 1.53 bits per heavy atom. The molecule has 0 saturated carbocycles. The van der Waals surface area contributed by atoms with Crippen LogP contribution in [-0.4, -0.2) is 38.6 Å². The number of nitrogens with one attached hydrogen (secondary N) is 1. The van der Waals surface area contributed by atoms with Crippen LogP contribution in [0.25, 0.3) is 0 Å². The maximum atomic E-state index is 11.3. The third-order valence-electron chi connectivity index (χ3n) is 2.45. The Morgan fingerprint density at radius 2 is 2.16 bits per heavy atom. The Bertz CT molecular complexity index is 570. The van der Waals surface area contributed by atoms with Gasteiger partial charge in [-0.2, -0.15) is 0 Å². The van der Waals surface area contributed by atoms with Crippen molar-refractivity contribution in [1.82, 2.24) is 0 Å². The van der Waals surface area contributed by atoms with Gasteiger partial charge in [0.2, 0.25) is 0 Å². The van der Waals surface area contributed by atoms with Gasteiger partial charge >= 0.3 is 0 Å². The fraction of sp³-hybridized carbons (Fsp3) is 0.417. The van der Waals surface area contributed by atoms with Crippen molar-refractivity contribution in [3.05, 3.63) is 23.8 Å². The number of rotatable bonds is 6. The van der Waals surface area contributed by atoms with Crippen LogP contribution in [0.4, 0.5) is 5.69 Å². The van der Waals surface area contributed by atoms with Gasteiger partial charge in [-0.25, -0.2) is 8.42 Å². The van der Waals surface area contributed by atoms with Gasteiger partial charge in [-0.1, -0.05) is 12.2 Å². The van der Waals surface area contributed by atoms with E-state index in [1.807, 2.05) is 0 Å². The first-order valence-electron chi connectivity index (χ1n) is 5.65. The molecule has 0 aliphatic heterocycles. The van der Waals surface area contributed by atoms with Crippen LogP contribution in [0.15, 0.2) is 18.2 Å². The fourth-order valence-electron chi connectivity index (χ4n) is 1.75. The monoisotopic (exact) mass is 302 g/mol. The predicted octanol–water partition coefficient (Wildman–Crippen LogP) is 1.17. The minimum absolute atomic E-state index is 0.0288. The third kappa shape index (κ3) is 5.04. The Hall–Kier alpha value is -1.34. The first-order chi connectivity index (χ1) is 8.73. The summed E-state index contributed by atoms with van der Waals surface area (Å²) in [5.74, 6) is 0.676. The molecule has 106 valence electrons. The molecule has 0 heterocycles. The van der Waals surface area contributed by atoms with Crippen molar-refractivity contribution < 1.29 is 13.2 Å². The molecule has 5 nitrogen and oxygen atoms in total. The summed E-state index contributed by atoms with van der Waals surface area (Å²) in [7, 11) is -1.50. The van der Waals surface area contributed by atoms with E-state index in [4.69, 9.17) is 22.7 Å². The van der Waals surface area contributed by atoms with E-state index in [1.54, 1.807) is 32.2 Å². The van der Waals surface area contributed by atoms with Crippen molar-refractivity contribution in [1.29, 1.82) is 0 Å². The van der Waals surface area contributed by atoms with Gasteiger partial charge in [0.15, 0.2) is 0 Å². The van der Waals surface area contributed by atoms with Crippen LogP contribution in [0.1, 0.15) is 12.5 Å². The van der Waals surface area contributed by atoms with Crippen molar-refractivity contribution in [3.63, 3.8) is 0 Å². The summed E-state index contributed by atoms with van der Waals surface area (Å²) in [6.07, 6.45) is 1.20. The molecule has 0 radical (unpaired) electrons. The summed E-state index contributed by atoms with van der Waals surface area (Å²) in [5, 5.41) is 3.10. The summed E-state index contributed by atoms with van der Waals surface area (Å²) < 4.78 is 27.6. The second-order valence-corrected chi connectivity index (χ2v) is 7.04. The van der Waals surface area contributed by atoms with Crippen LogP contribution in [-0.2, 0) is 9.84 Å². The molecule has 19 heavy (non-hydrogen) atoms. The molecule has 0 spiro atoms. The summed E-state index contributed by atoms with van der Waals surface area (Å²) in [6.45, 7) is 1.78. The Balaban J connectivity index is 3.00. The molecule has 1 unspecified atom stereocenters. The summed E-state index contributed by atoms with van der Waals surface area (Å²) >= 11 is 4.97. The summed E-state index contributed by atoms with van der Waals surface area (Å²) in [6, 6.07) is 4.99. The third-order valence-corrected chi connectivity index (χ3v) is 3.77. The molecular weight excluding hydrogens is 284 g/mol. The van der Waals surface area contributed by atoms with Gasteiger partial charge in [0.1, 0.15) is 20.6 Å². The van der Waals surface area contributed by atoms with Crippen LogP contribution in [0.2, 0.25) is 0 Å². The van der Waals surface area contributed by atoms with Crippen LogP contribution < -0.4 is 15.8 Å². The molecular formula is C12H18N2O3S2. The van der Waals surface area contributed by atoms with E-state index in [0.29, 0.717) is 17.0 Å². The molecule has 0 amide bonds. The number of benzene rings is 1. The number of hydrogen-bond donors (Lipinski definition) is 2. The first-order valence-corrected chi connectivity index (χ1v) is 8.12. The molecule has 0 aliphatic carbocycles. The van der Waals surface area contributed by atoms with Gasteiger partial charge < -0.3 is 15.8 Å². The zero-order valence-corrected chi connectivity index (χ0v) is 12.8.